The average Bonchev–Trinajstić information content (AvgIpc) is 2.76. The first-order chi connectivity index (χ1) is 9.47. The summed E-state index contributed by atoms with van der Waals surface area (Å²) in [7, 11) is 0. The Kier molecular flexibility index (Phi) is 3.61. The van der Waals surface area contributed by atoms with Crippen LogP contribution in [0.2, 0.25) is 0 Å². The van der Waals surface area contributed by atoms with Gasteiger partial charge in [0.25, 0.3) is 0 Å². The van der Waals surface area contributed by atoms with Gasteiger partial charge in [-0.3, -0.25) is 9.80 Å². The molecule has 3 rings (SSSR count). The van der Waals surface area contributed by atoms with Gasteiger partial charge in [-0.05, 0) is 38.3 Å². The van der Waals surface area contributed by atoms with Crippen LogP contribution in [0.15, 0.2) is 24.3 Å². The van der Waals surface area contributed by atoms with E-state index in [9.17, 15) is 0 Å². The molecular weight excluding hydrogens is 246 g/mol. The van der Waals surface area contributed by atoms with Gasteiger partial charge in [-0.2, -0.15) is 0 Å². The molecule has 110 valence electrons. The molecule has 0 aromatic heterocycles. The van der Waals surface area contributed by atoms with Crippen molar-refractivity contribution < 1.29 is 0 Å². The Balaban J connectivity index is 1.71. The standard InChI is InChI=1S/C17H27N3/c1-17(2,3)20-10-8-19(9-11-20)16-12-15(18)13-6-4-5-7-14(13)16/h4-7,15-16H,8-12,18H2,1-3H3. The van der Waals surface area contributed by atoms with E-state index in [-0.39, 0.29) is 11.6 Å². The second-order valence-electron chi connectivity index (χ2n) is 7.18. The number of hydrogen-bond acceptors (Lipinski definition) is 3. The van der Waals surface area contributed by atoms with Crippen molar-refractivity contribution in [1.82, 2.24) is 9.80 Å². The largest absolute Gasteiger partial charge is 0.324 e. The lowest BCUT2D eigenvalue weighted by molar-refractivity contribution is 0.0409. The molecule has 1 fully saturated rings. The van der Waals surface area contributed by atoms with Gasteiger partial charge in [0.05, 0.1) is 0 Å². The summed E-state index contributed by atoms with van der Waals surface area (Å²) < 4.78 is 0. The van der Waals surface area contributed by atoms with E-state index in [0.29, 0.717) is 6.04 Å². The van der Waals surface area contributed by atoms with Crippen LogP contribution >= 0.6 is 0 Å². The fourth-order valence-electron chi connectivity index (χ4n) is 3.70. The summed E-state index contributed by atoms with van der Waals surface area (Å²) >= 11 is 0. The Hall–Kier alpha value is -0.900. The molecule has 0 saturated carbocycles. The third-order valence-corrected chi connectivity index (χ3v) is 4.94. The molecule has 0 radical (unpaired) electrons. The van der Waals surface area contributed by atoms with Crippen LogP contribution in [0.4, 0.5) is 0 Å². The summed E-state index contributed by atoms with van der Waals surface area (Å²) in [5.74, 6) is 0. The fourth-order valence-corrected chi connectivity index (χ4v) is 3.70. The molecule has 1 saturated heterocycles. The molecule has 1 heterocycles. The monoisotopic (exact) mass is 273 g/mol. The van der Waals surface area contributed by atoms with Crippen LogP contribution in [-0.2, 0) is 0 Å². The van der Waals surface area contributed by atoms with Crippen molar-refractivity contribution in [2.24, 2.45) is 5.73 Å². The van der Waals surface area contributed by atoms with Gasteiger partial charge >= 0.3 is 0 Å². The normalized spacial score (nSPS) is 28.6. The zero-order valence-corrected chi connectivity index (χ0v) is 13.0. The fraction of sp³-hybridized carbons (Fsp3) is 0.647. The van der Waals surface area contributed by atoms with Gasteiger partial charge in [-0.15, -0.1) is 0 Å². The molecule has 1 aliphatic heterocycles. The third kappa shape index (κ3) is 2.50. The molecule has 3 nitrogen and oxygen atoms in total. The van der Waals surface area contributed by atoms with Gasteiger partial charge < -0.3 is 5.73 Å². The lowest BCUT2D eigenvalue weighted by Crippen LogP contribution is -2.53. The van der Waals surface area contributed by atoms with E-state index in [0.717, 1.165) is 32.6 Å². The average molecular weight is 273 g/mol. The summed E-state index contributed by atoms with van der Waals surface area (Å²) in [4.78, 5) is 5.22. The Morgan fingerprint density at radius 2 is 1.60 bits per heavy atom. The molecule has 1 aromatic rings. The highest BCUT2D eigenvalue weighted by Crippen LogP contribution is 2.41. The Labute approximate surface area is 122 Å². The molecule has 2 unspecified atom stereocenters. The van der Waals surface area contributed by atoms with Gasteiger partial charge in [0.15, 0.2) is 0 Å². The maximum Gasteiger partial charge on any atom is 0.0370 e. The Bertz CT molecular complexity index is 469. The molecule has 20 heavy (non-hydrogen) atoms. The minimum Gasteiger partial charge on any atom is -0.324 e. The number of rotatable bonds is 1. The van der Waals surface area contributed by atoms with Crippen molar-refractivity contribution in [2.45, 2.75) is 44.8 Å². The maximum absolute atomic E-state index is 6.30. The molecule has 0 amide bonds. The van der Waals surface area contributed by atoms with Crippen molar-refractivity contribution in [1.29, 1.82) is 0 Å². The summed E-state index contributed by atoms with van der Waals surface area (Å²) in [5.41, 5.74) is 9.41. The second kappa shape index (κ2) is 5.14. The first kappa shape index (κ1) is 14.1. The second-order valence-corrected chi connectivity index (χ2v) is 7.18. The highest BCUT2D eigenvalue weighted by Gasteiger charge is 2.35. The molecular formula is C17H27N3. The molecule has 3 heteroatoms. The minimum atomic E-state index is 0.219. The zero-order chi connectivity index (χ0) is 14.3. The van der Waals surface area contributed by atoms with Gasteiger partial charge in [0.1, 0.15) is 0 Å². The predicted octanol–water partition coefficient (Wildman–Crippen LogP) is 2.55. The highest BCUT2D eigenvalue weighted by molar-refractivity contribution is 5.37. The van der Waals surface area contributed by atoms with Crippen molar-refractivity contribution in [3.63, 3.8) is 0 Å². The molecule has 1 aliphatic carbocycles. The van der Waals surface area contributed by atoms with Crippen LogP contribution < -0.4 is 5.73 Å². The number of benzene rings is 1. The van der Waals surface area contributed by atoms with Gasteiger partial charge in [0, 0.05) is 43.8 Å². The highest BCUT2D eigenvalue weighted by atomic mass is 15.3. The third-order valence-electron chi connectivity index (χ3n) is 4.94. The molecule has 2 atom stereocenters. The number of hydrogen-bond donors (Lipinski definition) is 1. The molecule has 0 spiro atoms. The van der Waals surface area contributed by atoms with Crippen LogP contribution in [0.5, 0.6) is 0 Å². The van der Waals surface area contributed by atoms with E-state index < -0.39 is 0 Å². The SMILES string of the molecule is CC(C)(C)N1CCN(C2CC(N)c3ccccc32)CC1. The number of nitrogens with two attached hydrogens (primary N) is 1. The first-order valence-corrected chi connectivity index (χ1v) is 7.80. The van der Waals surface area contributed by atoms with Gasteiger partial charge in [-0.1, -0.05) is 24.3 Å². The number of nitrogens with zero attached hydrogens (tertiary/aromatic N) is 2. The minimum absolute atomic E-state index is 0.219. The zero-order valence-electron chi connectivity index (χ0n) is 13.0. The van der Waals surface area contributed by atoms with E-state index >= 15 is 0 Å². The van der Waals surface area contributed by atoms with E-state index in [1.807, 2.05) is 0 Å². The van der Waals surface area contributed by atoms with E-state index in [2.05, 4.69) is 54.8 Å². The molecule has 2 N–H and O–H groups in total. The van der Waals surface area contributed by atoms with Crippen LogP contribution in [0.3, 0.4) is 0 Å². The molecule has 2 aliphatic rings. The van der Waals surface area contributed by atoms with Crippen LogP contribution in [0.1, 0.15) is 50.4 Å². The predicted molar refractivity (Wildman–Crippen MR) is 83.6 cm³/mol. The van der Waals surface area contributed by atoms with Crippen molar-refractivity contribution >= 4 is 0 Å². The summed E-state index contributed by atoms with van der Waals surface area (Å²) in [5, 5.41) is 0. The van der Waals surface area contributed by atoms with E-state index in [1.165, 1.54) is 11.1 Å². The smallest absolute Gasteiger partial charge is 0.0370 e. The topological polar surface area (TPSA) is 32.5 Å². The van der Waals surface area contributed by atoms with Crippen LogP contribution in [-0.4, -0.2) is 41.5 Å². The van der Waals surface area contributed by atoms with Crippen molar-refractivity contribution in [3.8, 4) is 0 Å². The van der Waals surface area contributed by atoms with Gasteiger partial charge in [0.2, 0.25) is 0 Å². The lowest BCUT2D eigenvalue weighted by atomic mass is 10.0. The number of fused-ring (bicyclic) bond motifs is 1. The van der Waals surface area contributed by atoms with E-state index in [1.54, 1.807) is 0 Å². The van der Waals surface area contributed by atoms with Crippen molar-refractivity contribution in [2.75, 3.05) is 26.2 Å². The quantitative estimate of drug-likeness (QED) is 0.853. The van der Waals surface area contributed by atoms with Crippen LogP contribution in [0.25, 0.3) is 0 Å². The van der Waals surface area contributed by atoms with Crippen molar-refractivity contribution in [3.05, 3.63) is 35.4 Å². The molecule has 1 aromatic carbocycles. The van der Waals surface area contributed by atoms with E-state index in [4.69, 9.17) is 5.73 Å². The summed E-state index contributed by atoms with van der Waals surface area (Å²) in [6.07, 6.45) is 1.08. The Morgan fingerprint density at radius 3 is 2.20 bits per heavy atom. The van der Waals surface area contributed by atoms with Gasteiger partial charge in [-0.25, -0.2) is 0 Å². The first-order valence-electron chi connectivity index (χ1n) is 7.80. The molecule has 0 bridgehead atoms. The lowest BCUT2D eigenvalue weighted by Gasteiger charge is -2.44. The Morgan fingerprint density at radius 1 is 1.00 bits per heavy atom. The number of piperazine rings is 1. The summed E-state index contributed by atoms with van der Waals surface area (Å²) in [6.45, 7) is 11.6. The maximum atomic E-state index is 6.30. The summed E-state index contributed by atoms with van der Waals surface area (Å²) in [6, 6.07) is 9.47. The van der Waals surface area contributed by atoms with Crippen LogP contribution in [0, 0.1) is 0 Å².